The lowest BCUT2D eigenvalue weighted by atomic mass is 10.3. The number of rotatable bonds is 7. The number of halogens is 2. The van der Waals surface area contributed by atoms with Crippen LogP contribution in [0.3, 0.4) is 0 Å². The molecule has 0 saturated carbocycles. The zero-order valence-corrected chi connectivity index (χ0v) is 9.87. The molecule has 96 valence electrons. The summed E-state index contributed by atoms with van der Waals surface area (Å²) in [4.78, 5) is 4.08. The van der Waals surface area contributed by atoms with E-state index in [0.717, 1.165) is 11.4 Å². The maximum absolute atomic E-state index is 11.8. The van der Waals surface area contributed by atoms with Gasteiger partial charge in [-0.1, -0.05) is 0 Å². The van der Waals surface area contributed by atoms with Gasteiger partial charge in [0.1, 0.15) is 6.61 Å². The van der Waals surface area contributed by atoms with Gasteiger partial charge in [0.25, 0.3) is 6.43 Å². The minimum atomic E-state index is -2.42. The predicted octanol–water partition coefficient (Wildman–Crippen LogP) is 2.09. The van der Waals surface area contributed by atoms with Crippen molar-refractivity contribution in [2.75, 3.05) is 32.2 Å². The van der Waals surface area contributed by atoms with E-state index in [1.54, 1.807) is 13.3 Å². The van der Waals surface area contributed by atoms with Crippen molar-refractivity contribution in [1.82, 2.24) is 4.98 Å². The summed E-state index contributed by atoms with van der Waals surface area (Å²) in [5.74, 6) is 0.615. The van der Waals surface area contributed by atoms with Gasteiger partial charge in [0.2, 0.25) is 0 Å². The first-order chi connectivity index (χ1) is 8.13. The minimum Gasteiger partial charge on any atom is -0.493 e. The van der Waals surface area contributed by atoms with E-state index in [1.807, 2.05) is 13.0 Å². The van der Waals surface area contributed by atoms with Gasteiger partial charge in [-0.2, -0.15) is 0 Å². The normalized spacial score (nSPS) is 10.6. The number of aromatic nitrogens is 1. The molecule has 0 unspecified atom stereocenters. The lowest BCUT2D eigenvalue weighted by molar-refractivity contribution is 0.0215. The number of nitrogens with one attached hydrogen (secondary N) is 1. The summed E-state index contributed by atoms with van der Waals surface area (Å²) in [5.41, 5.74) is 1.63. The van der Waals surface area contributed by atoms with Gasteiger partial charge in [-0.05, 0) is 13.0 Å². The molecule has 0 atom stereocenters. The van der Waals surface area contributed by atoms with Gasteiger partial charge in [-0.25, -0.2) is 8.78 Å². The van der Waals surface area contributed by atoms with Crippen molar-refractivity contribution in [2.24, 2.45) is 0 Å². The van der Waals surface area contributed by atoms with E-state index >= 15 is 0 Å². The van der Waals surface area contributed by atoms with Crippen LogP contribution in [0, 0.1) is 6.92 Å². The van der Waals surface area contributed by atoms with Crippen LogP contribution in [0.2, 0.25) is 0 Å². The molecule has 0 bridgehead atoms. The Morgan fingerprint density at radius 2 is 2.24 bits per heavy atom. The zero-order chi connectivity index (χ0) is 12.7. The van der Waals surface area contributed by atoms with Crippen LogP contribution < -0.4 is 10.1 Å². The van der Waals surface area contributed by atoms with Crippen molar-refractivity contribution in [3.63, 3.8) is 0 Å². The first-order valence-corrected chi connectivity index (χ1v) is 5.24. The highest BCUT2D eigenvalue weighted by atomic mass is 19.3. The number of nitrogens with zero attached hydrogens (tertiary/aromatic N) is 1. The van der Waals surface area contributed by atoms with Crippen LogP contribution in [0.15, 0.2) is 12.3 Å². The molecule has 0 aliphatic carbocycles. The Morgan fingerprint density at radius 3 is 2.88 bits per heavy atom. The third-order valence-corrected chi connectivity index (χ3v) is 2.03. The predicted molar refractivity (Wildman–Crippen MR) is 60.8 cm³/mol. The number of aryl methyl sites for hydroxylation is 1. The number of methoxy groups -OCH3 is 1. The molecule has 1 rings (SSSR count). The van der Waals surface area contributed by atoms with E-state index in [2.05, 4.69) is 10.3 Å². The number of pyridine rings is 1. The topological polar surface area (TPSA) is 43.4 Å². The summed E-state index contributed by atoms with van der Waals surface area (Å²) >= 11 is 0. The Balaban J connectivity index is 2.37. The lowest BCUT2D eigenvalue weighted by Gasteiger charge is -2.11. The molecule has 0 fully saturated rings. The maximum atomic E-state index is 11.8. The van der Waals surface area contributed by atoms with Gasteiger partial charge in [-0.3, -0.25) is 4.98 Å². The van der Waals surface area contributed by atoms with Gasteiger partial charge in [-0.15, -0.1) is 0 Å². The number of hydrogen-bond acceptors (Lipinski definition) is 4. The van der Waals surface area contributed by atoms with Crippen LogP contribution in [0.1, 0.15) is 5.69 Å². The second-order valence-electron chi connectivity index (χ2n) is 3.42. The van der Waals surface area contributed by atoms with Crippen molar-refractivity contribution in [2.45, 2.75) is 13.3 Å². The molecule has 6 heteroatoms. The Bertz CT molecular complexity index is 348. The minimum absolute atomic E-state index is 0.217. The maximum Gasteiger partial charge on any atom is 0.261 e. The molecule has 0 aliphatic heterocycles. The molecule has 4 nitrogen and oxygen atoms in total. The molecule has 0 radical (unpaired) electrons. The van der Waals surface area contributed by atoms with Gasteiger partial charge < -0.3 is 14.8 Å². The smallest absolute Gasteiger partial charge is 0.261 e. The van der Waals surface area contributed by atoms with Crippen molar-refractivity contribution < 1.29 is 18.3 Å². The highest BCUT2D eigenvalue weighted by molar-refractivity contribution is 5.55. The summed E-state index contributed by atoms with van der Waals surface area (Å²) < 4.78 is 33.4. The van der Waals surface area contributed by atoms with E-state index in [9.17, 15) is 8.78 Å². The quantitative estimate of drug-likeness (QED) is 0.748. The Morgan fingerprint density at radius 1 is 1.47 bits per heavy atom. The molecule has 0 spiro atoms. The van der Waals surface area contributed by atoms with Crippen LogP contribution in [0.25, 0.3) is 0 Å². The largest absolute Gasteiger partial charge is 0.493 e. The van der Waals surface area contributed by atoms with Crippen LogP contribution in [-0.4, -0.2) is 38.3 Å². The highest BCUT2D eigenvalue weighted by Crippen LogP contribution is 2.22. The highest BCUT2D eigenvalue weighted by Gasteiger charge is 2.04. The molecular weight excluding hydrogens is 230 g/mol. The molecule has 0 aromatic carbocycles. The van der Waals surface area contributed by atoms with Crippen LogP contribution in [-0.2, 0) is 4.74 Å². The molecule has 0 saturated heterocycles. The molecule has 17 heavy (non-hydrogen) atoms. The number of hydrogen-bond donors (Lipinski definition) is 1. The fourth-order valence-corrected chi connectivity index (χ4v) is 1.28. The van der Waals surface area contributed by atoms with Gasteiger partial charge in [0.05, 0.1) is 25.6 Å². The number of alkyl halides is 2. The lowest BCUT2D eigenvalue weighted by Crippen LogP contribution is -2.13. The first kappa shape index (κ1) is 13.6. The summed E-state index contributed by atoms with van der Waals surface area (Å²) in [6, 6.07) is 1.83. The zero-order valence-electron chi connectivity index (χ0n) is 9.87. The van der Waals surface area contributed by atoms with Gasteiger partial charge in [0, 0.05) is 12.2 Å². The summed E-state index contributed by atoms with van der Waals surface area (Å²) in [5, 5.41) is 3.04. The van der Waals surface area contributed by atoms with Crippen molar-refractivity contribution in [3.05, 3.63) is 18.0 Å². The van der Waals surface area contributed by atoms with Crippen molar-refractivity contribution in [3.8, 4) is 5.75 Å². The monoisotopic (exact) mass is 246 g/mol. The fourth-order valence-electron chi connectivity index (χ4n) is 1.28. The van der Waals surface area contributed by atoms with Gasteiger partial charge in [0.15, 0.2) is 5.75 Å². The molecule has 0 aliphatic rings. The molecule has 1 heterocycles. The van der Waals surface area contributed by atoms with E-state index < -0.39 is 13.0 Å². The van der Waals surface area contributed by atoms with Crippen LogP contribution >= 0.6 is 0 Å². The number of anilines is 1. The standard InChI is InChI=1S/C11H16F2N2O2/c1-8-5-9(10(16-2)6-15-8)14-3-4-17-7-11(12)13/h5-6,11H,3-4,7H2,1-2H3,(H,14,15). The summed E-state index contributed by atoms with van der Waals surface area (Å²) in [6.07, 6.45) is -0.815. The summed E-state index contributed by atoms with van der Waals surface area (Å²) in [6.45, 7) is 1.98. The van der Waals surface area contributed by atoms with Crippen molar-refractivity contribution in [1.29, 1.82) is 0 Å². The molecule has 1 N–H and O–H groups in total. The second kappa shape index (κ2) is 7.01. The first-order valence-electron chi connectivity index (χ1n) is 5.24. The van der Waals surface area contributed by atoms with Gasteiger partial charge >= 0.3 is 0 Å². The second-order valence-corrected chi connectivity index (χ2v) is 3.42. The molecule has 1 aromatic rings. The van der Waals surface area contributed by atoms with E-state index in [4.69, 9.17) is 9.47 Å². The fraction of sp³-hybridized carbons (Fsp3) is 0.545. The Kier molecular flexibility index (Phi) is 5.62. The molecule has 0 amide bonds. The molecular formula is C11H16F2N2O2. The molecule has 1 aromatic heterocycles. The third kappa shape index (κ3) is 4.95. The SMILES string of the molecule is COc1cnc(C)cc1NCCOCC(F)F. The van der Waals surface area contributed by atoms with Crippen molar-refractivity contribution >= 4 is 5.69 Å². The third-order valence-electron chi connectivity index (χ3n) is 2.03. The van der Waals surface area contributed by atoms with Crippen LogP contribution in [0.5, 0.6) is 5.75 Å². The average molecular weight is 246 g/mol. The average Bonchev–Trinajstić information content (AvgIpc) is 2.28. The number of ether oxygens (including phenoxy) is 2. The van der Waals surface area contributed by atoms with E-state index in [0.29, 0.717) is 12.3 Å². The van der Waals surface area contributed by atoms with Crippen LogP contribution in [0.4, 0.5) is 14.5 Å². The Hall–Kier alpha value is -1.43. The summed E-state index contributed by atoms with van der Waals surface area (Å²) in [7, 11) is 1.55. The Labute approximate surface area is 98.9 Å². The van der Waals surface area contributed by atoms with E-state index in [-0.39, 0.29) is 6.61 Å². The van der Waals surface area contributed by atoms with E-state index in [1.165, 1.54) is 0 Å².